The smallest absolute Gasteiger partial charge is 0.207 e. The average molecular weight is 407 g/mol. The molecular formula is C12H12BrClF3NO2S. The van der Waals surface area contributed by atoms with Crippen molar-refractivity contribution in [3.8, 4) is 0 Å². The molecule has 3 nitrogen and oxygen atoms in total. The molecule has 0 radical (unpaired) electrons. The largest absolute Gasteiger partial charge is 0.393 e. The quantitative estimate of drug-likeness (QED) is 0.742. The maximum absolute atomic E-state index is 12.8. The summed E-state index contributed by atoms with van der Waals surface area (Å²) < 4.78 is 64.4. The first kappa shape index (κ1) is 17.1. The Morgan fingerprint density at radius 2 is 2.00 bits per heavy atom. The van der Waals surface area contributed by atoms with Gasteiger partial charge in [-0.05, 0) is 47.0 Å². The monoisotopic (exact) mass is 405 g/mol. The number of hydrogen-bond acceptors (Lipinski definition) is 2. The van der Waals surface area contributed by atoms with E-state index in [2.05, 4.69) is 15.9 Å². The fourth-order valence-electron chi connectivity index (χ4n) is 2.21. The molecule has 1 aliphatic rings. The summed E-state index contributed by atoms with van der Waals surface area (Å²) in [5.41, 5.74) is 0. The van der Waals surface area contributed by atoms with Gasteiger partial charge in [-0.2, -0.15) is 17.5 Å². The van der Waals surface area contributed by atoms with Crippen LogP contribution >= 0.6 is 27.5 Å². The van der Waals surface area contributed by atoms with Crippen molar-refractivity contribution in [2.75, 3.05) is 13.1 Å². The molecule has 118 valence electrons. The van der Waals surface area contributed by atoms with Crippen LogP contribution in [0.1, 0.15) is 12.8 Å². The molecule has 1 fully saturated rings. The third kappa shape index (κ3) is 3.72. The van der Waals surface area contributed by atoms with Crippen LogP contribution in [0.2, 0.25) is 5.02 Å². The molecule has 1 aromatic rings. The Balaban J connectivity index is 2.28. The van der Waals surface area contributed by atoms with Gasteiger partial charge >= 0.3 is 6.18 Å². The fourth-order valence-corrected chi connectivity index (χ4v) is 4.41. The summed E-state index contributed by atoms with van der Waals surface area (Å²) >= 11 is 8.91. The highest BCUT2D eigenvalue weighted by atomic mass is 79.9. The van der Waals surface area contributed by atoms with Crippen molar-refractivity contribution in [2.45, 2.75) is 23.9 Å². The van der Waals surface area contributed by atoms with Crippen LogP contribution in [-0.4, -0.2) is 32.0 Å². The number of hydrogen-bond donors (Lipinski definition) is 0. The van der Waals surface area contributed by atoms with Gasteiger partial charge in [-0.25, -0.2) is 8.42 Å². The zero-order valence-corrected chi connectivity index (χ0v) is 13.9. The van der Waals surface area contributed by atoms with Crippen molar-refractivity contribution in [1.82, 2.24) is 4.31 Å². The van der Waals surface area contributed by atoms with Crippen LogP contribution in [-0.2, 0) is 10.0 Å². The van der Waals surface area contributed by atoms with E-state index in [-0.39, 0.29) is 24.3 Å². The van der Waals surface area contributed by atoms with Crippen LogP contribution in [0.15, 0.2) is 27.6 Å². The molecule has 0 saturated carbocycles. The predicted molar refractivity (Wildman–Crippen MR) is 76.7 cm³/mol. The first-order valence-electron chi connectivity index (χ1n) is 6.14. The molecular weight excluding hydrogens is 395 g/mol. The third-order valence-electron chi connectivity index (χ3n) is 3.38. The van der Waals surface area contributed by atoms with Gasteiger partial charge in [0.05, 0.1) is 15.8 Å². The van der Waals surface area contributed by atoms with E-state index >= 15 is 0 Å². The molecule has 9 heteroatoms. The number of benzene rings is 1. The topological polar surface area (TPSA) is 37.4 Å². The predicted octanol–water partition coefficient (Wildman–Crippen LogP) is 4.07. The van der Waals surface area contributed by atoms with Crippen LogP contribution in [0.4, 0.5) is 13.2 Å². The van der Waals surface area contributed by atoms with E-state index in [1.165, 1.54) is 18.2 Å². The lowest BCUT2D eigenvalue weighted by atomic mass is 9.99. The summed E-state index contributed by atoms with van der Waals surface area (Å²) in [4.78, 5) is -0.0680. The number of alkyl halides is 3. The highest BCUT2D eigenvalue weighted by Gasteiger charge is 2.44. The summed E-state index contributed by atoms with van der Waals surface area (Å²) in [5.74, 6) is -1.61. The molecule has 1 heterocycles. The minimum Gasteiger partial charge on any atom is -0.207 e. The summed E-state index contributed by atoms with van der Waals surface area (Å²) in [6, 6.07) is 3.98. The number of nitrogens with zero attached hydrogens (tertiary/aromatic N) is 1. The summed E-state index contributed by atoms with van der Waals surface area (Å²) in [5, 5.41) is 0.334. The van der Waals surface area contributed by atoms with Crippen molar-refractivity contribution in [3.05, 3.63) is 27.7 Å². The molecule has 0 aromatic heterocycles. The van der Waals surface area contributed by atoms with Crippen LogP contribution in [0.25, 0.3) is 0 Å². The first-order valence-corrected chi connectivity index (χ1v) is 8.75. The standard InChI is InChI=1S/C12H12BrClF3NO2S/c13-10-6-9(3-4-11(10)14)21(19,20)18-5-1-2-8(7-18)12(15,16)17/h3-4,6,8H,1-2,5,7H2. The molecule has 1 saturated heterocycles. The van der Waals surface area contributed by atoms with E-state index in [0.29, 0.717) is 9.50 Å². The maximum Gasteiger partial charge on any atom is 0.393 e. The van der Waals surface area contributed by atoms with Crippen molar-refractivity contribution < 1.29 is 21.6 Å². The first-order chi connectivity index (χ1) is 9.62. The van der Waals surface area contributed by atoms with E-state index in [0.717, 1.165) is 4.31 Å². The van der Waals surface area contributed by atoms with E-state index < -0.39 is 28.7 Å². The Morgan fingerprint density at radius 1 is 1.33 bits per heavy atom. The van der Waals surface area contributed by atoms with Gasteiger partial charge in [-0.15, -0.1) is 0 Å². The number of rotatable bonds is 2. The van der Waals surface area contributed by atoms with Gasteiger partial charge in [0.15, 0.2) is 0 Å². The molecule has 2 rings (SSSR count). The SMILES string of the molecule is O=S(=O)(c1ccc(Cl)c(Br)c1)N1CCCC(C(F)(F)F)C1. The zero-order valence-electron chi connectivity index (χ0n) is 10.7. The molecule has 1 aromatic carbocycles. The second kappa shape index (κ2) is 6.06. The Hall–Kier alpha value is -0.310. The van der Waals surface area contributed by atoms with Gasteiger partial charge in [0, 0.05) is 17.6 Å². The second-order valence-electron chi connectivity index (χ2n) is 4.82. The van der Waals surface area contributed by atoms with Gasteiger partial charge in [-0.3, -0.25) is 0 Å². The lowest BCUT2D eigenvalue weighted by Gasteiger charge is -2.32. The van der Waals surface area contributed by atoms with Gasteiger partial charge in [-0.1, -0.05) is 11.6 Å². The van der Waals surface area contributed by atoms with Crippen LogP contribution in [0, 0.1) is 5.92 Å². The fraction of sp³-hybridized carbons (Fsp3) is 0.500. The van der Waals surface area contributed by atoms with Gasteiger partial charge in [0.25, 0.3) is 0 Å². The molecule has 1 unspecified atom stereocenters. The maximum atomic E-state index is 12.8. The van der Waals surface area contributed by atoms with Crippen LogP contribution in [0.3, 0.4) is 0 Å². The van der Waals surface area contributed by atoms with E-state index in [1.54, 1.807) is 0 Å². The third-order valence-corrected chi connectivity index (χ3v) is 6.45. The highest BCUT2D eigenvalue weighted by molar-refractivity contribution is 9.10. The minimum atomic E-state index is -4.38. The lowest BCUT2D eigenvalue weighted by Crippen LogP contribution is -2.44. The molecule has 1 atom stereocenters. The average Bonchev–Trinajstić information content (AvgIpc) is 2.41. The molecule has 0 N–H and O–H groups in total. The molecule has 21 heavy (non-hydrogen) atoms. The van der Waals surface area contributed by atoms with Crippen molar-refractivity contribution in [2.24, 2.45) is 5.92 Å². The normalized spacial score (nSPS) is 21.5. The Kier molecular flexibility index (Phi) is 4.92. The Bertz CT molecular complexity index is 636. The summed E-state index contributed by atoms with van der Waals surface area (Å²) in [6.07, 6.45) is -4.23. The van der Waals surface area contributed by atoms with Crippen molar-refractivity contribution in [1.29, 1.82) is 0 Å². The molecule has 0 aliphatic carbocycles. The Labute approximate surface area is 134 Å². The van der Waals surface area contributed by atoms with Crippen LogP contribution < -0.4 is 0 Å². The Morgan fingerprint density at radius 3 is 2.57 bits per heavy atom. The lowest BCUT2D eigenvalue weighted by molar-refractivity contribution is -0.182. The van der Waals surface area contributed by atoms with E-state index in [9.17, 15) is 21.6 Å². The van der Waals surface area contributed by atoms with Gasteiger partial charge in [0.2, 0.25) is 10.0 Å². The number of halogens is 5. The van der Waals surface area contributed by atoms with Crippen LogP contribution in [0.5, 0.6) is 0 Å². The van der Waals surface area contributed by atoms with Gasteiger partial charge < -0.3 is 0 Å². The minimum absolute atomic E-state index is 0.0418. The molecule has 0 spiro atoms. The van der Waals surface area contributed by atoms with Gasteiger partial charge in [0.1, 0.15) is 0 Å². The second-order valence-corrected chi connectivity index (χ2v) is 8.02. The highest BCUT2D eigenvalue weighted by Crippen LogP contribution is 2.35. The summed E-state index contributed by atoms with van der Waals surface area (Å²) in [6.45, 7) is -0.443. The molecule has 1 aliphatic heterocycles. The van der Waals surface area contributed by atoms with E-state index in [1.807, 2.05) is 0 Å². The van der Waals surface area contributed by atoms with E-state index in [4.69, 9.17) is 11.6 Å². The van der Waals surface area contributed by atoms with Crippen molar-refractivity contribution >= 4 is 37.6 Å². The zero-order chi connectivity index (χ0) is 15.8. The number of sulfonamides is 1. The number of piperidine rings is 1. The molecule has 0 bridgehead atoms. The molecule has 0 amide bonds. The van der Waals surface area contributed by atoms with Crippen molar-refractivity contribution in [3.63, 3.8) is 0 Å². The summed E-state index contributed by atoms with van der Waals surface area (Å²) in [7, 11) is -3.95.